The number of carbonyl (C=O) groups is 1. The van der Waals surface area contributed by atoms with Crippen molar-refractivity contribution < 1.29 is 4.79 Å². The minimum atomic E-state index is -0.686. The summed E-state index contributed by atoms with van der Waals surface area (Å²) in [5.41, 5.74) is 6.88. The summed E-state index contributed by atoms with van der Waals surface area (Å²) in [5, 5.41) is 5.51. The molecule has 4 rings (SSSR count). The number of aromatic amines is 1. The first-order valence-electron chi connectivity index (χ1n) is 11.6. The second kappa shape index (κ2) is 10.4. The standard InChI is InChI=1S/C27H29N5O3/c1-3-31(23(33)16-29-18(2)21-15-9-13-20-12-7-8-14-22(20)21)24-25(28)32(27(35)30-26(24)34)17-19-10-5-4-6-11-19/h4-15,18,29H,3,16-17,28H2,1-2H3,(H,30,34,35)/t18-/m1/s1. The number of aromatic nitrogens is 2. The first kappa shape index (κ1) is 24.0. The Bertz CT molecular complexity index is 1450. The molecule has 4 aromatic rings. The summed E-state index contributed by atoms with van der Waals surface area (Å²) in [5.74, 6) is -0.360. The Balaban J connectivity index is 1.57. The summed E-state index contributed by atoms with van der Waals surface area (Å²) < 4.78 is 1.27. The number of hydrogen-bond donors (Lipinski definition) is 3. The number of rotatable bonds is 8. The van der Waals surface area contributed by atoms with E-state index in [2.05, 4.69) is 28.5 Å². The molecule has 8 heteroatoms. The van der Waals surface area contributed by atoms with Gasteiger partial charge in [0.2, 0.25) is 5.91 Å². The molecule has 35 heavy (non-hydrogen) atoms. The monoisotopic (exact) mass is 471 g/mol. The number of hydrogen-bond acceptors (Lipinski definition) is 5. The van der Waals surface area contributed by atoms with Crippen molar-refractivity contribution in [3.63, 3.8) is 0 Å². The highest BCUT2D eigenvalue weighted by Crippen LogP contribution is 2.24. The molecule has 0 bridgehead atoms. The van der Waals surface area contributed by atoms with Crippen molar-refractivity contribution in [2.45, 2.75) is 26.4 Å². The molecule has 3 aromatic carbocycles. The molecule has 0 radical (unpaired) electrons. The molecule has 8 nitrogen and oxygen atoms in total. The van der Waals surface area contributed by atoms with Gasteiger partial charge in [-0.3, -0.25) is 19.1 Å². The highest BCUT2D eigenvalue weighted by atomic mass is 16.2. The fourth-order valence-electron chi connectivity index (χ4n) is 4.29. The third kappa shape index (κ3) is 5.02. The number of carbonyl (C=O) groups excluding carboxylic acids is 1. The molecular weight excluding hydrogens is 442 g/mol. The average molecular weight is 472 g/mol. The van der Waals surface area contributed by atoms with Gasteiger partial charge >= 0.3 is 5.69 Å². The number of fused-ring (bicyclic) bond motifs is 1. The van der Waals surface area contributed by atoms with Gasteiger partial charge in [0, 0.05) is 12.6 Å². The second-order valence-corrected chi connectivity index (χ2v) is 8.37. The molecule has 0 saturated heterocycles. The van der Waals surface area contributed by atoms with E-state index >= 15 is 0 Å². The van der Waals surface area contributed by atoms with E-state index in [0.29, 0.717) is 0 Å². The Morgan fingerprint density at radius 3 is 2.46 bits per heavy atom. The minimum absolute atomic E-state index is 0.00504. The maximum Gasteiger partial charge on any atom is 0.330 e. The molecular formula is C27H29N5O3. The molecule has 1 amide bonds. The van der Waals surface area contributed by atoms with Crippen LogP contribution in [-0.2, 0) is 11.3 Å². The quantitative estimate of drug-likeness (QED) is 0.366. The van der Waals surface area contributed by atoms with Crippen LogP contribution in [0.1, 0.15) is 31.0 Å². The molecule has 0 aliphatic heterocycles. The van der Waals surface area contributed by atoms with Gasteiger partial charge in [0.15, 0.2) is 5.69 Å². The third-order valence-electron chi connectivity index (χ3n) is 6.13. The number of nitrogens with zero attached hydrogens (tertiary/aromatic N) is 2. The van der Waals surface area contributed by atoms with Gasteiger partial charge < -0.3 is 16.0 Å². The normalized spacial score (nSPS) is 11.9. The molecule has 0 aliphatic carbocycles. The molecule has 0 aliphatic rings. The van der Waals surface area contributed by atoms with Gasteiger partial charge in [-0.15, -0.1) is 0 Å². The summed E-state index contributed by atoms with van der Waals surface area (Å²) in [7, 11) is 0. The van der Waals surface area contributed by atoms with Gasteiger partial charge in [-0.2, -0.15) is 0 Å². The summed E-state index contributed by atoms with van der Waals surface area (Å²) in [6, 6.07) is 23.4. The van der Waals surface area contributed by atoms with Crippen LogP contribution in [0.15, 0.2) is 82.4 Å². The lowest BCUT2D eigenvalue weighted by molar-refractivity contribution is -0.117. The fraction of sp³-hybridized carbons (Fsp3) is 0.222. The van der Waals surface area contributed by atoms with E-state index < -0.39 is 11.2 Å². The second-order valence-electron chi connectivity index (χ2n) is 8.37. The Morgan fingerprint density at radius 2 is 1.71 bits per heavy atom. The van der Waals surface area contributed by atoms with Crippen LogP contribution in [-0.4, -0.2) is 28.5 Å². The van der Waals surface area contributed by atoms with Crippen LogP contribution < -0.4 is 27.2 Å². The number of amides is 1. The summed E-state index contributed by atoms with van der Waals surface area (Å²) >= 11 is 0. The lowest BCUT2D eigenvalue weighted by atomic mass is 10.00. The smallest absolute Gasteiger partial charge is 0.330 e. The fourth-order valence-corrected chi connectivity index (χ4v) is 4.29. The van der Waals surface area contributed by atoms with Gasteiger partial charge in [-0.05, 0) is 35.7 Å². The SMILES string of the molecule is CCN(C(=O)CN[C@H](C)c1cccc2ccccc12)c1c(N)n(Cc2ccccc2)c(=O)[nH]c1=O. The molecule has 4 N–H and O–H groups in total. The molecule has 1 atom stereocenters. The molecule has 0 fully saturated rings. The number of nitrogens with one attached hydrogen (secondary N) is 2. The van der Waals surface area contributed by atoms with Gasteiger partial charge in [0.1, 0.15) is 5.82 Å². The van der Waals surface area contributed by atoms with Gasteiger partial charge in [-0.1, -0.05) is 72.8 Å². The highest BCUT2D eigenvalue weighted by Gasteiger charge is 2.23. The molecule has 180 valence electrons. The lowest BCUT2D eigenvalue weighted by Gasteiger charge is -2.24. The molecule has 1 heterocycles. The van der Waals surface area contributed by atoms with E-state index in [1.165, 1.54) is 9.47 Å². The van der Waals surface area contributed by atoms with Crippen LogP contribution in [0.4, 0.5) is 11.5 Å². The van der Waals surface area contributed by atoms with E-state index in [-0.39, 0.29) is 43.1 Å². The number of nitrogens with two attached hydrogens (primary N) is 1. The van der Waals surface area contributed by atoms with Crippen LogP contribution in [0.2, 0.25) is 0 Å². The zero-order valence-electron chi connectivity index (χ0n) is 19.8. The van der Waals surface area contributed by atoms with Crippen LogP contribution >= 0.6 is 0 Å². The molecule has 0 saturated carbocycles. The van der Waals surface area contributed by atoms with Crippen molar-refractivity contribution in [1.82, 2.24) is 14.9 Å². The Hall–Kier alpha value is -4.17. The van der Waals surface area contributed by atoms with Crippen molar-refractivity contribution in [3.05, 3.63) is 105 Å². The first-order valence-corrected chi connectivity index (χ1v) is 11.6. The van der Waals surface area contributed by atoms with Crippen LogP contribution in [0, 0.1) is 0 Å². The molecule has 0 unspecified atom stereocenters. The van der Waals surface area contributed by atoms with Crippen LogP contribution in [0.25, 0.3) is 10.8 Å². The number of likely N-dealkylation sites (N-methyl/N-ethyl adjacent to an activating group) is 1. The largest absolute Gasteiger partial charge is 0.383 e. The zero-order valence-corrected chi connectivity index (χ0v) is 19.8. The Morgan fingerprint density at radius 1 is 1.03 bits per heavy atom. The Labute approximate surface area is 203 Å². The number of benzene rings is 3. The average Bonchev–Trinajstić information content (AvgIpc) is 2.87. The first-order chi connectivity index (χ1) is 16.9. The van der Waals surface area contributed by atoms with Crippen LogP contribution in [0.5, 0.6) is 0 Å². The van der Waals surface area contributed by atoms with Crippen molar-refractivity contribution in [2.75, 3.05) is 23.7 Å². The maximum atomic E-state index is 13.2. The number of nitrogen functional groups attached to an aromatic ring is 1. The highest BCUT2D eigenvalue weighted by molar-refractivity contribution is 5.97. The maximum absolute atomic E-state index is 13.2. The summed E-state index contributed by atoms with van der Waals surface area (Å²) in [4.78, 5) is 42.0. The zero-order chi connectivity index (χ0) is 24.9. The minimum Gasteiger partial charge on any atom is -0.383 e. The summed E-state index contributed by atoms with van der Waals surface area (Å²) in [6.45, 7) is 4.15. The van der Waals surface area contributed by atoms with Crippen molar-refractivity contribution in [2.24, 2.45) is 0 Å². The third-order valence-corrected chi connectivity index (χ3v) is 6.13. The van der Waals surface area contributed by atoms with E-state index in [0.717, 1.165) is 21.9 Å². The van der Waals surface area contributed by atoms with E-state index in [1.54, 1.807) is 6.92 Å². The van der Waals surface area contributed by atoms with E-state index in [1.807, 2.05) is 61.5 Å². The van der Waals surface area contributed by atoms with Gasteiger partial charge in [0.25, 0.3) is 5.56 Å². The van der Waals surface area contributed by atoms with Gasteiger partial charge in [0.05, 0.1) is 13.1 Å². The van der Waals surface area contributed by atoms with Crippen molar-refractivity contribution in [1.29, 1.82) is 0 Å². The number of anilines is 2. The lowest BCUT2D eigenvalue weighted by Crippen LogP contribution is -2.44. The predicted octanol–water partition coefficient (Wildman–Crippen LogP) is 3.02. The van der Waals surface area contributed by atoms with E-state index in [9.17, 15) is 14.4 Å². The van der Waals surface area contributed by atoms with E-state index in [4.69, 9.17) is 5.73 Å². The Kier molecular flexibility index (Phi) is 7.12. The summed E-state index contributed by atoms with van der Waals surface area (Å²) in [6.07, 6.45) is 0. The molecule has 0 spiro atoms. The van der Waals surface area contributed by atoms with Crippen LogP contribution in [0.3, 0.4) is 0 Å². The van der Waals surface area contributed by atoms with Gasteiger partial charge in [-0.25, -0.2) is 4.79 Å². The predicted molar refractivity (Wildman–Crippen MR) is 140 cm³/mol. The van der Waals surface area contributed by atoms with Crippen molar-refractivity contribution in [3.8, 4) is 0 Å². The topological polar surface area (TPSA) is 113 Å². The number of H-pyrrole nitrogens is 1. The van der Waals surface area contributed by atoms with Crippen molar-refractivity contribution >= 4 is 28.2 Å². The molecule has 1 aromatic heterocycles.